The average molecular weight is 249 g/mol. The van der Waals surface area contributed by atoms with Crippen molar-refractivity contribution in [1.29, 1.82) is 5.26 Å². The van der Waals surface area contributed by atoms with E-state index >= 15 is 0 Å². The molecule has 5 nitrogen and oxygen atoms in total. The van der Waals surface area contributed by atoms with Crippen LogP contribution in [0.5, 0.6) is 0 Å². The van der Waals surface area contributed by atoms with Crippen LogP contribution in [-0.4, -0.2) is 15.0 Å². The second kappa shape index (κ2) is 4.42. The predicted octanol–water partition coefficient (Wildman–Crippen LogP) is 2.88. The van der Waals surface area contributed by atoms with Gasteiger partial charge in [-0.2, -0.15) is 5.26 Å². The Morgan fingerprint density at radius 3 is 2.74 bits per heavy atom. The molecular formula is C14H11N5. The highest BCUT2D eigenvalue weighted by Crippen LogP contribution is 2.24. The molecule has 19 heavy (non-hydrogen) atoms. The number of aromatic amines is 1. The molecule has 0 radical (unpaired) electrons. The number of H-pyrrole nitrogens is 1. The molecule has 0 saturated carbocycles. The van der Waals surface area contributed by atoms with E-state index in [9.17, 15) is 0 Å². The molecule has 0 bridgehead atoms. The van der Waals surface area contributed by atoms with E-state index in [0.717, 1.165) is 11.2 Å². The van der Waals surface area contributed by atoms with Gasteiger partial charge in [0.05, 0.1) is 5.56 Å². The smallest absolute Gasteiger partial charge is 0.158 e. The first kappa shape index (κ1) is 11.2. The zero-order valence-electron chi connectivity index (χ0n) is 10.3. The molecule has 0 aliphatic carbocycles. The Morgan fingerprint density at radius 2 is 2.00 bits per heavy atom. The van der Waals surface area contributed by atoms with E-state index in [-0.39, 0.29) is 0 Å². The van der Waals surface area contributed by atoms with Gasteiger partial charge < -0.3 is 10.3 Å². The number of para-hydroxylation sites is 1. The SMILES string of the molecule is Cc1nc(Nc2ccccc2)c2[nH]cc(C#N)c2n1. The fourth-order valence-corrected chi connectivity index (χ4v) is 1.95. The van der Waals surface area contributed by atoms with Crippen molar-refractivity contribution in [1.82, 2.24) is 15.0 Å². The second-order valence-corrected chi connectivity index (χ2v) is 4.15. The molecule has 1 aromatic carbocycles. The molecule has 3 rings (SSSR count). The maximum atomic E-state index is 9.05. The summed E-state index contributed by atoms with van der Waals surface area (Å²) in [6, 6.07) is 11.9. The summed E-state index contributed by atoms with van der Waals surface area (Å²) in [6.45, 7) is 1.81. The number of nitrogens with zero attached hydrogens (tertiary/aromatic N) is 3. The third-order valence-corrected chi connectivity index (χ3v) is 2.79. The lowest BCUT2D eigenvalue weighted by molar-refractivity contribution is 1.09. The molecule has 0 aliphatic rings. The fourth-order valence-electron chi connectivity index (χ4n) is 1.95. The number of aromatic nitrogens is 3. The number of nitrogens with one attached hydrogen (secondary N) is 2. The van der Waals surface area contributed by atoms with Crippen LogP contribution in [0.3, 0.4) is 0 Å². The Labute approximate surface area is 109 Å². The van der Waals surface area contributed by atoms with E-state index < -0.39 is 0 Å². The highest BCUT2D eigenvalue weighted by Gasteiger charge is 2.11. The average Bonchev–Trinajstić information content (AvgIpc) is 2.83. The minimum absolute atomic E-state index is 0.525. The molecule has 0 aliphatic heterocycles. The summed E-state index contributed by atoms with van der Waals surface area (Å²) in [4.78, 5) is 11.7. The zero-order valence-corrected chi connectivity index (χ0v) is 10.3. The Kier molecular flexibility index (Phi) is 2.62. The van der Waals surface area contributed by atoms with Crippen molar-refractivity contribution in [2.45, 2.75) is 6.92 Å². The number of aryl methyl sites for hydroxylation is 1. The highest BCUT2D eigenvalue weighted by molar-refractivity contribution is 5.91. The van der Waals surface area contributed by atoms with Gasteiger partial charge in [0, 0.05) is 11.9 Å². The van der Waals surface area contributed by atoms with Gasteiger partial charge in [-0.15, -0.1) is 0 Å². The lowest BCUT2D eigenvalue weighted by atomic mass is 10.3. The van der Waals surface area contributed by atoms with Gasteiger partial charge in [0.2, 0.25) is 0 Å². The molecule has 0 fully saturated rings. The van der Waals surface area contributed by atoms with Crippen LogP contribution in [-0.2, 0) is 0 Å². The third kappa shape index (κ3) is 2.00. The van der Waals surface area contributed by atoms with Crippen LogP contribution in [0.25, 0.3) is 11.0 Å². The van der Waals surface area contributed by atoms with Crippen molar-refractivity contribution in [3.05, 3.63) is 47.9 Å². The van der Waals surface area contributed by atoms with Crippen LogP contribution in [0.15, 0.2) is 36.5 Å². The standard InChI is InChI=1S/C14H11N5/c1-9-17-12-10(7-15)8-16-13(12)14(18-9)19-11-5-3-2-4-6-11/h2-6,8,16H,1H3,(H,17,18,19). The summed E-state index contributed by atoms with van der Waals surface area (Å²) in [5.74, 6) is 1.30. The van der Waals surface area contributed by atoms with Crippen molar-refractivity contribution in [3.63, 3.8) is 0 Å². The monoisotopic (exact) mass is 249 g/mol. The summed E-state index contributed by atoms with van der Waals surface area (Å²) in [7, 11) is 0. The summed E-state index contributed by atoms with van der Waals surface area (Å²) >= 11 is 0. The Balaban J connectivity index is 2.14. The molecule has 2 heterocycles. The normalized spacial score (nSPS) is 10.3. The number of anilines is 2. The molecule has 0 saturated heterocycles. The highest BCUT2D eigenvalue weighted by atomic mass is 15.1. The molecule has 0 unspecified atom stereocenters. The second-order valence-electron chi connectivity index (χ2n) is 4.15. The van der Waals surface area contributed by atoms with Gasteiger partial charge >= 0.3 is 0 Å². The van der Waals surface area contributed by atoms with Crippen molar-refractivity contribution >= 4 is 22.5 Å². The van der Waals surface area contributed by atoms with Crippen molar-refractivity contribution in [2.24, 2.45) is 0 Å². The van der Waals surface area contributed by atoms with E-state index in [1.165, 1.54) is 0 Å². The van der Waals surface area contributed by atoms with Gasteiger partial charge in [-0.05, 0) is 19.1 Å². The molecule has 0 atom stereocenters. The van der Waals surface area contributed by atoms with Crippen molar-refractivity contribution < 1.29 is 0 Å². The minimum Gasteiger partial charge on any atom is -0.356 e. The Bertz CT molecular complexity index is 768. The summed E-state index contributed by atoms with van der Waals surface area (Å²) in [5.41, 5.74) is 2.85. The largest absolute Gasteiger partial charge is 0.356 e. The number of hydrogen-bond donors (Lipinski definition) is 2. The molecule has 0 spiro atoms. The quantitative estimate of drug-likeness (QED) is 0.732. The van der Waals surface area contributed by atoms with Gasteiger partial charge in [0.1, 0.15) is 22.9 Å². The van der Waals surface area contributed by atoms with E-state index in [2.05, 4.69) is 26.3 Å². The first-order valence-electron chi connectivity index (χ1n) is 5.86. The molecule has 2 aromatic heterocycles. The topological polar surface area (TPSA) is 77.4 Å². The maximum Gasteiger partial charge on any atom is 0.158 e. The number of rotatable bonds is 2. The van der Waals surface area contributed by atoms with E-state index in [0.29, 0.717) is 22.7 Å². The number of benzene rings is 1. The van der Waals surface area contributed by atoms with Crippen molar-refractivity contribution in [3.8, 4) is 6.07 Å². The van der Waals surface area contributed by atoms with Crippen LogP contribution in [0.4, 0.5) is 11.5 Å². The first-order valence-corrected chi connectivity index (χ1v) is 5.86. The van der Waals surface area contributed by atoms with E-state index in [1.807, 2.05) is 37.3 Å². The zero-order chi connectivity index (χ0) is 13.2. The summed E-state index contributed by atoms with van der Waals surface area (Å²) in [6.07, 6.45) is 1.65. The number of nitriles is 1. The fraction of sp³-hybridized carbons (Fsp3) is 0.0714. The van der Waals surface area contributed by atoms with Crippen LogP contribution in [0.1, 0.15) is 11.4 Å². The number of fused-ring (bicyclic) bond motifs is 1. The predicted molar refractivity (Wildman–Crippen MR) is 73.1 cm³/mol. The Morgan fingerprint density at radius 1 is 1.21 bits per heavy atom. The molecule has 2 N–H and O–H groups in total. The van der Waals surface area contributed by atoms with Crippen LogP contribution in [0, 0.1) is 18.3 Å². The van der Waals surface area contributed by atoms with Gasteiger partial charge in [-0.3, -0.25) is 0 Å². The maximum absolute atomic E-state index is 9.05. The van der Waals surface area contributed by atoms with Gasteiger partial charge in [-0.25, -0.2) is 9.97 Å². The van der Waals surface area contributed by atoms with E-state index in [1.54, 1.807) is 6.20 Å². The lowest BCUT2D eigenvalue weighted by Crippen LogP contribution is -1.98. The van der Waals surface area contributed by atoms with Crippen LogP contribution in [0.2, 0.25) is 0 Å². The Hall–Kier alpha value is -2.87. The molecule has 5 heteroatoms. The molecule has 92 valence electrons. The van der Waals surface area contributed by atoms with Gasteiger partial charge in [0.25, 0.3) is 0 Å². The molecule has 3 aromatic rings. The van der Waals surface area contributed by atoms with Crippen LogP contribution >= 0.6 is 0 Å². The van der Waals surface area contributed by atoms with Gasteiger partial charge in [0.15, 0.2) is 5.82 Å². The first-order chi connectivity index (χ1) is 9.28. The molecule has 0 amide bonds. The number of hydrogen-bond acceptors (Lipinski definition) is 4. The summed E-state index contributed by atoms with van der Waals surface area (Å²) in [5, 5.41) is 12.3. The van der Waals surface area contributed by atoms with Crippen molar-refractivity contribution in [2.75, 3.05) is 5.32 Å². The van der Waals surface area contributed by atoms with E-state index in [4.69, 9.17) is 5.26 Å². The summed E-state index contributed by atoms with van der Waals surface area (Å²) < 4.78 is 0. The van der Waals surface area contributed by atoms with Crippen LogP contribution < -0.4 is 5.32 Å². The third-order valence-electron chi connectivity index (χ3n) is 2.79. The lowest BCUT2D eigenvalue weighted by Gasteiger charge is -2.07. The minimum atomic E-state index is 0.525. The van der Waals surface area contributed by atoms with Gasteiger partial charge in [-0.1, -0.05) is 18.2 Å². The molecular weight excluding hydrogens is 238 g/mol.